The third-order valence-corrected chi connectivity index (χ3v) is 5.12. The van der Waals surface area contributed by atoms with Crippen molar-refractivity contribution in [1.29, 1.82) is 0 Å². The highest BCUT2D eigenvalue weighted by molar-refractivity contribution is 5.96. The molecule has 0 saturated carbocycles. The summed E-state index contributed by atoms with van der Waals surface area (Å²) in [6, 6.07) is 11.6. The van der Waals surface area contributed by atoms with Gasteiger partial charge in [0.2, 0.25) is 0 Å². The van der Waals surface area contributed by atoms with Crippen LogP contribution in [0.15, 0.2) is 60.7 Å². The molecule has 180 valence electrons. The van der Waals surface area contributed by atoms with E-state index in [1.54, 1.807) is 13.0 Å². The number of nitrogens with zero attached hydrogens (tertiary/aromatic N) is 2. The van der Waals surface area contributed by atoms with Gasteiger partial charge < -0.3 is 10.4 Å². The van der Waals surface area contributed by atoms with Gasteiger partial charge in [-0.3, -0.25) is 4.98 Å². The fourth-order valence-corrected chi connectivity index (χ4v) is 3.54. The molecule has 0 atom stereocenters. The normalized spacial score (nSPS) is 12.1. The van der Waals surface area contributed by atoms with E-state index < -0.39 is 40.8 Å². The number of anilines is 2. The Kier molecular flexibility index (Phi) is 5.87. The number of carbonyl (C=O) groups is 1. The summed E-state index contributed by atoms with van der Waals surface area (Å²) < 4.78 is 79.2. The Morgan fingerprint density at radius 2 is 1.54 bits per heavy atom. The number of aromatic carboxylic acids is 1. The average molecular weight is 491 g/mol. The van der Waals surface area contributed by atoms with E-state index in [1.165, 1.54) is 30.3 Å². The van der Waals surface area contributed by atoms with Gasteiger partial charge in [-0.1, -0.05) is 12.1 Å². The third-order valence-electron chi connectivity index (χ3n) is 5.12. The van der Waals surface area contributed by atoms with Crippen LogP contribution in [0.25, 0.3) is 22.2 Å². The molecule has 2 aromatic carbocycles. The van der Waals surface area contributed by atoms with Crippen molar-refractivity contribution in [2.45, 2.75) is 19.3 Å². The number of aromatic nitrogens is 2. The van der Waals surface area contributed by atoms with Crippen LogP contribution in [-0.4, -0.2) is 21.0 Å². The van der Waals surface area contributed by atoms with Crippen LogP contribution in [0.2, 0.25) is 0 Å². The number of carboxylic acid groups (broad SMARTS) is 1. The molecule has 2 N–H and O–H groups in total. The van der Waals surface area contributed by atoms with Crippen LogP contribution < -0.4 is 5.32 Å². The van der Waals surface area contributed by atoms with Crippen molar-refractivity contribution < 1.29 is 36.2 Å². The highest BCUT2D eigenvalue weighted by Crippen LogP contribution is 2.38. The number of fused-ring (bicyclic) bond motifs is 1. The van der Waals surface area contributed by atoms with E-state index in [0.29, 0.717) is 28.5 Å². The van der Waals surface area contributed by atoms with Gasteiger partial charge in [0.1, 0.15) is 5.69 Å². The number of benzene rings is 2. The number of nitrogens with one attached hydrogen (secondary N) is 1. The van der Waals surface area contributed by atoms with E-state index in [4.69, 9.17) is 5.11 Å². The van der Waals surface area contributed by atoms with Gasteiger partial charge >= 0.3 is 18.3 Å². The predicted molar refractivity (Wildman–Crippen MR) is 116 cm³/mol. The minimum absolute atomic E-state index is 0.00602. The number of hydrogen-bond donors (Lipinski definition) is 2. The maximum Gasteiger partial charge on any atom is 0.418 e. The van der Waals surface area contributed by atoms with Crippen LogP contribution in [0.3, 0.4) is 0 Å². The molecule has 0 amide bonds. The van der Waals surface area contributed by atoms with E-state index in [0.717, 1.165) is 18.2 Å². The van der Waals surface area contributed by atoms with Crippen molar-refractivity contribution in [3.63, 3.8) is 0 Å². The van der Waals surface area contributed by atoms with Gasteiger partial charge in [0, 0.05) is 28.0 Å². The summed E-state index contributed by atoms with van der Waals surface area (Å²) in [5, 5.41) is 12.7. The summed E-state index contributed by atoms with van der Waals surface area (Å²) in [6.07, 6.45) is -9.25. The SMILES string of the molecule is Cc1cc(Nc2ccc(C(F)(F)F)cc2)c2ccc(-c3nc(C(=O)O)ccc3C(F)(F)F)cc2n1. The van der Waals surface area contributed by atoms with Crippen LogP contribution in [0.1, 0.15) is 27.3 Å². The molecule has 0 saturated heterocycles. The zero-order valence-electron chi connectivity index (χ0n) is 17.8. The van der Waals surface area contributed by atoms with Crippen molar-refractivity contribution in [2.75, 3.05) is 5.32 Å². The van der Waals surface area contributed by atoms with Gasteiger partial charge in [0.15, 0.2) is 0 Å². The number of carboxylic acids is 1. The molecule has 5 nitrogen and oxygen atoms in total. The summed E-state index contributed by atoms with van der Waals surface area (Å²) >= 11 is 0. The Bertz CT molecular complexity index is 1430. The van der Waals surface area contributed by atoms with Gasteiger partial charge in [0.25, 0.3) is 0 Å². The highest BCUT2D eigenvalue weighted by Gasteiger charge is 2.35. The summed E-state index contributed by atoms with van der Waals surface area (Å²) in [7, 11) is 0. The van der Waals surface area contributed by atoms with Crippen molar-refractivity contribution in [1.82, 2.24) is 9.97 Å². The van der Waals surface area contributed by atoms with Gasteiger partial charge in [-0.05, 0) is 55.5 Å². The van der Waals surface area contributed by atoms with Crippen molar-refractivity contribution in [3.8, 4) is 11.3 Å². The van der Waals surface area contributed by atoms with Crippen LogP contribution in [0.5, 0.6) is 0 Å². The standard InChI is InChI=1S/C24H15F6N3O2/c1-12-10-19(32-15-5-3-14(4-6-15)23(25,26)27)16-7-2-13(11-20(16)31-12)21-17(24(28,29)30)8-9-18(33-21)22(34)35/h2-11H,1H3,(H,31,32)(H,34,35). The lowest BCUT2D eigenvalue weighted by atomic mass is 10.0. The molecule has 0 aliphatic heterocycles. The predicted octanol–water partition coefficient (Wildman–Crippen LogP) is 7.08. The first-order valence-electron chi connectivity index (χ1n) is 10.0. The molecule has 0 fully saturated rings. The second-order valence-electron chi connectivity index (χ2n) is 7.64. The zero-order chi connectivity index (χ0) is 25.5. The monoisotopic (exact) mass is 491 g/mol. The van der Waals surface area contributed by atoms with E-state index in [2.05, 4.69) is 15.3 Å². The molecule has 4 rings (SSSR count). The fraction of sp³-hybridized carbons (Fsp3) is 0.125. The van der Waals surface area contributed by atoms with Crippen molar-refractivity contribution in [3.05, 3.63) is 83.2 Å². The Labute approximate surface area is 194 Å². The van der Waals surface area contributed by atoms with Crippen LogP contribution >= 0.6 is 0 Å². The summed E-state index contributed by atoms with van der Waals surface area (Å²) in [6.45, 7) is 1.65. The second kappa shape index (κ2) is 8.57. The first-order valence-corrected chi connectivity index (χ1v) is 10.0. The van der Waals surface area contributed by atoms with Crippen molar-refractivity contribution >= 4 is 28.2 Å². The molecule has 4 aromatic rings. The zero-order valence-corrected chi connectivity index (χ0v) is 17.8. The lowest BCUT2D eigenvalue weighted by Gasteiger charge is -2.15. The first kappa shape index (κ1) is 24.0. The van der Waals surface area contributed by atoms with Gasteiger partial charge in [-0.25, -0.2) is 9.78 Å². The molecular formula is C24H15F6N3O2. The number of halogens is 6. The lowest BCUT2D eigenvalue weighted by molar-refractivity contribution is -0.138. The molecule has 0 bridgehead atoms. The molecule has 0 aliphatic rings. The Hall–Kier alpha value is -4.15. The molecule has 2 aromatic heterocycles. The molecular weight excluding hydrogens is 476 g/mol. The summed E-state index contributed by atoms with van der Waals surface area (Å²) in [5.74, 6) is -1.47. The van der Waals surface area contributed by atoms with Gasteiger partial charge in [-0.15, -0.1) is 0 Å². The first-order chi connectivity index (χ1) is 16.3. The second-order valence-corrected chi connectivity index (χ2v) is 7.64. The molecule has 0 unspecified atom stereocenters. The average Bonchev–Trinajstić information content (AvgIpc) is 2.77. The lowest BCUT2D eigenvalue weighted by Crippen LogP contribution is -2.11. The maximum atomic E-state index is 13.6. The van der Waals surface area contributed by atoms with E-state index in [9.17, 15) is 31.1 Å². The number of aryl methyl sites for hydroxylation is 1. The number of pyridine rings is 2. The molecule has 11 heteroatoms. The highest BCUT2D eigenvalue weighted by atomic mass is 19.4. The summed E-state index contributed by atoms with van der Waals surface area (Å²) in [5.41, 5.74) is -1.38. The maximum absolute atomic E-state index is 13.6. The minimum atomic E-state index is -4.77. The fourth-order valence-electron chi connectivity index (χ4n) is 3.54. The van der Waals surface area contributed by atoms with E-state index in [1.807, 2.05) is 0 Å². The van der Waals surface area contributed by atoms with Crippen molar-refractivity contribution in [2.24, 2.45) is 0 Å². The molecule has 0 radical (unpaired) electrons. The topological polar surface area (TPSA) is 75.1 Å². The van der Waals surface area contributed by atoms with E-state index >= 15 is 0 Å². The molecule has 0 aliphatic carbocycles. The number of alkyl halides is 6. The number of rotatable bonds is 4. The number of hydrogen-bond acceptors (Lipinski definition) is 4. The largest absolute Gasteiger partial charge is 0.477 e. The quantitative estimate of drug-likeness (QED) is 0.298. The van der Waals surface area contributed by atoms with E-state index in [-0.39, 0.29) is 11.1 Å². The Balaban J connectivity index is 1.79. The van der Waals surface area contributed by atoms with Gasteiger partial charge in [0.05, 0.1) is 22.3 Å². The smallest absolute Gasteiger partial charge is 0.418 e. The summed E-state index contributed by atoms with van der Waals surface area (Å²) in [4.78, 5) is 19.3. The molecule has 0 spiro atoms. The van der Waals surface area contributed by atoms with Gasteiger partial charge in [-0.2, -0.15) is 26.3 Å². The van der Waals surface area contributed by atoms with Crippen LogP contribution in [0.4, 0.5) is 37.7 Å². The Morgan fingerprint density at radius 3 is 2.14 bits per heavy atom. The Morgan fingerprint density at radius 1 is 0.857 bits per heavy atom. The third kappa shape index (κ3) is 5.03. The van der Waals surface area contributed by atoms with Crippen LogP contribution in [-0.2, 0) is 12.4 Å². The van der Waals surface area contributed by atoms with Crippen LogP contribution in [0, 0.1) is 6.92 Å². The molecule has 2 heterocycles. The minimum Gasteiger partial charge on any atom is -0.477 e. The molecule has 35 heavy (non-hydrogen) atoms.